The zero-order valence-electron chi connectivity index (χ0n) is 11.0. The number of imidazole rings is 1. The van der Waals surface area contributed by atoms with E-state index >= 15 is 0 Å². The quantitative estimate of drug-likeness (QED) is 0.785. The number of hydrogen-bond donors (Lipinski definition) is 1. The van der Waals surface area contributed by atoms with Crippen molar-refractivity contribution in [2.24, 2.45) is 0 Å². The van der Waals surface area contributed by atoms with Crippen LogP contribution in [0.1, 0.15) is 15.9 Å². The molecule has 0 unspecified atom stereocenters. The van der Waals surface area contributed by atoms with Crippen molar-refractivity contribution in [2.75, 3.05) is 0 Å². The van der Waals surface area contributed by atoms with Gasteiger partial charge in [-0.05, 0) is 24.3 Å². The highest BCUT2D eigenvalue weighted by Gasteiger charge is 2.30. The minimum Gasteiger partial charge on any atom is -0.478 e. The average molecular weight is 306 g/mol. The van der Waals surface area contributed by atoms with E-state index in [9.17, 15) is 18.0 Å². The van der Waals surface area contributed by atoms with Crippen molar-refractivity contribution in [3.8, 4) is 11.4 Å². The Hall–Kier alpha value is -2.83. The molecule has 0 aliphatic heterocycles. The third kappa shape index (κ3) is 2.30. The molecule has 0 saturated heterocycles. The monoisotopic (exact) mass is 306 g/mol. The summed E-state index contributed by atoms with van der Waals surface area (Å²) in [6.07, 6.45) is -1.40. The van der Waals surface area contributed by atoms with Gasteiger partial charge in [-0.3, -0.25) is 4.40 Å². The summed E-state index contributed by atoms with van der Waals surface area (Å²) in [7, 11) is 0. The maximum Gasteiger partial charge on any atom is 0.416 e. The molecule has 2 aromatic heterocycles. The normalized spacial score (nSPS) is 11.8. The smallest absolute Gasteiger partial charge is 0.416 e. The Morgan fingerprint density at radius 2 is 1.82 bits per heavy atom. The molecule has 22 heavy (non-hydrogen) atoms. The highest BCUT2D eigenvalue weighted by molar-refractivity contribution is 5.95. The second-order valence-electron chi connectivity index (χ2n) is 4.64. The van der Waals surface area contributed by atoms with Crippen LogP contribution in [0.3, 0.4) is 0 Å². The molecule has 0 aliphatic carbocycles. The molecular weight excluding hydrogens is 297 g/mol. The Labute approximate surface area is 122 Å². The largest absolute Gasteiger partial charge is 0.478 e. The number of aromatic nitrogens is 2. The van der Waals surface area contributed by atoms with Crippen LogP contribution < -0.4 is 0 Å². The van der Waals surface area contributed by atoms with Gasteiger partial charge in [-0.15, -0.1) is 0 Å². The molecule has 0 saturated carbocycles. The zero-order valence-corrected chi connectivity index (χ0v) is 11.0. The highest BCUT2D eigenvalue weighted by atomic mass is 19.4. The topological polar surface area (TPSA) is 54.6 Å². The van der Waals surface area contributed by atoms with Gasteiger partial charge < -0.3 is 5.11 Å². The Kier molecular flexibility index (Phi) is 3.13. The van der Waals surface area contributed by atoms with Gasteiger partial charge in [0.15, 0.2) is 0 Å². The van der Waals surface area contributed by atoms with Gasteiger partial charge in [-0.25, -0.2) is 9.78 Å². The molecule has 2 heterocycles. The molecule has 0 spiro atoms. The number of benzene rings is 1. The van der Waals surface area contributed by atoms with Crippen LogP contribution in [0.4, 0.5) is 13.2 Å². The van der Waals surface area contributed by atoms with Crippen molar-refractivity contribution in [1.82, 2.24) is 9.38 Å². The second-order valence-corrected chi connectivity index (χ2v) is 4.64. The van der Waals surface area contributed by atoms with E-state index in [0.29, 0.717) is 16.9 Å². The van der Waals surface area contributed by atoms with Gasteiger partial charge in [0.05, 0.1) is 22.8 Å². The van der Waals surface area contributed by atoms with Gasteiger partial charge in [-0.1, -0.05) is 12.1 Å². The Bertz CT molecular complexity index is 851. The highest BCUT2D eigenvalue weighted by Crippen LogP contribution is 2.31. The molecule has 0 radical (unpaired) electrons. The number of pyridine rings is 1. The van der Waals surface area contributed by atoms with Crippen LogP contribution in [-0.2, 0) is 6.18 Å². The van der Waals surface area contributed by atoms with Crippen molar-refractivity contribution in [2.45, 2.75) is 6.18 Å². The lowest BCUT2D eigenvalue weighted by Crippen LogP contribution is -2.04. The van der Waals surface area contributed by atoms with Crippen molar-refractivity contribution < 1.29 is 23.1 Å². The average Bonchev–Trinajstić information content (AvgIpc) is 2.90. The Balaban J connectivity index is 2.11. The van der Waals surface area contributed by atoms with Crippen LogP contribution in [0.2, 0.25) is 0 Å². The number of rotatable bonds is 2. The molecule has 112 valence electrons. The van der Waals surface area contributed by atoms with Gasteiger partial charge in [0.1, 0.15) is 5.82 Å². The van der Waals surface area contributed by atoms with Crippen LogP contribution >= 0.6 is 0 Å². The molecule has 4 nitrogen and oxygen atoms in total. The number of alkyl halides is 3. The lowest BCUT2D eigenvalue weighted by atomic mass is 10.1. The first-order valence-corrected chi connectivity index (χ1v) is 6.25. The first-order valence-electron chi connectivity index (χ1n) is 6.25. The van der Waals surface area contributed by atoms with Crippen molar-refractivity contribution in [3.63, 3.8) is 0 Å². The molecule has 7 heteroatoms. The van der Waals surface area contributed by atoms with E-state index in [1.807, 2.05) is 0 Å². The molecule has 3 rings (SSSR count). The number of halogens is 3. The summed E-state index contributed by atoms with van der Waals surface area (Å²) in [6.45, 7) is 0. The van der Waals surface area contributed by atoms with E-state index < -0.39 is 17.7 Å². The van der Waals surface area contributed by atoms with Gasteiger partial charge in [0.2, 0.25) is 0 Å². The molecule has 0 atom stereocenters. The molecule has 0 aliphatic rings. The van der Waals surface area contributed by atoms with Crippen molar-refractivity contribution in [3.05, 3.63) is 59.9 Å². The predicted molar refractivity (Wildman–Crippen MR) is 72.6 cm³/mol. The molecule has 0 bridgehead atoms. The minimum atomic E-state index is -4.40. The lowest BCUT2D eigenvalue weighted by molar-refractivity contribution is -0.137. The van der Waals surface area contributed by atoms with E-state index in [4.69, 9.17) is 5.11 Å². The fourth-order valence-corrected chi connectivity index (χ4v) is 2.22. The van der Waals surface area contributed by atoms with Gasteiger partial charge >= 0.3 is 12.1 Å². The van der Waals surface area contributed by atoms with Gasteiger partial charge in [0, 0.05) is 11.8 Å². The number of carboxylic acid groups (broad SMARTS) is 1. The standard InChI is InChI=1S/C15H9F3N2O2/c16-15(17,18)10-5-3-9(4-6-10)13-19-8-12-11(14(21)22)2-1-7-20(12)13/h1-8H,(H,21,22). The summed E-state index contributed by atoms with van der Waals surface area (Å²) in [4.78, 5) is 15.3. The van der Waals surface area contributed by atoms with E-state index in [-0.39, 0.29) is 5.56 Å². The molecule has 3 aromatic rings. The van der Waals surface area contributed by atoms with E-state index in [1.54, 1.807) is 12.3 Å². The second kappa shape index (κ2) is 4.87. The van der Waals surface area contributed by atoms with Crippen LogP contribution in [0.5, 0.6) is 0 Å². The fraction of sp³-hybridized carbons (Fsp3) is 0.0667. The summed E-state index contributed by atoms with van der Waals surface area (Å²) in [5.41, 5.74) is 0.178. The Morgan fingerprint density at radius 1 is 1.14 bits per heavy atom. The molecule has 1 N–H and O–H groups in total. The zero-order chi connectivity index (χ0) is 15.9. The van der Waals surface area contributed by atoms with Crippen LogP contribution in [-0.4, -0.2) is 20.5 Å². The molecule has 0 fully saturated rings. The fourth-order valence-electron chi connectivity index (χ4n) is 2.22. The number of carboxylic acids is 1. The van der Waals surface area contributed by atoms with E-state index in [1.165, 1.54) is 28.8 Å². The third-order valence-corrected chi connectivity index (χ3v) is 3.27. The van der Waals surface area contributed by atoms with Crippen molar-refractivity contribution >= 4 is 11.5 Å². The first-order chi connectivity index (χ1) is 10.4. The van der Waals surface area contributed by atoms with Crippen LogP contribution in [0.25, 0.3) is 16.9 Å². The summed E-state index contributed by atoms with van der Waals surface area (Å²) < 4.78 is 39.2. The van der Waals surface area contributed by atoms with E-state index in [0.717, 1.165) is 12.1 Å². The number of carbonyl (C=O) groups is 1. The van der Waals surface area contributed by atoms with Crippen LogP contribution in [0, 0.1) is 0 Å². The van der Waals surface area contributed by atoms with Crippen LogP contribution in [0.15, 0.2) is 48.8 Å². The van der Waals surface area contributed by atoms with E-state index in [2.05, 4.69) is 4.98 Å². The number of nitrogens with zero attached hydrogens (tertiary/aromatic N) is 2. The summed E-state index contributed by atoms with van der Waals surface area (Å²) in [5.74, 6) is -0.712. The molecular formula is C15H9F3N2O2. The summed E-state index contributed by atoms with van der Waals surface area (Å²) in [5, 5.41) is 9.12. The number of hydrogen-bond acceptors (Lipinski definition) is 2. The van der Waals surface area contributed by atoms with Gasteiger partial charge in [-0.2, -0.15) is 13.2 Å². The number of aromatic carboxylic acids is 1. The number of fused-ring (bicyclic) bond motifs is 1. The first kappa shape index (κ1) is 14.1. The van der Waals surface area contributed by atoms with Gasteiger partial charge in [0.25, 0.3) is 0 Å². The lowest BCUT2D eigenvalue weighted by Gasteiger charge is -2.07. The maximum atomic E-state index is 12.6. The molecule has 0 amide bonds. The van der Waals surface area contributed by atoms with Crippen molar-refractivity contribution in [1.29, 1.82) is 0 Å². The minimum absolute atomic E-state index is 0.0770. The summed E-state index contributed by atoms with van der Waals surface area (Å²) in [6, 6.07) is 7.55. The SMILES string of the molecule is O=C(O)c1cccn2c(-c3ccc(C(F)(F)F)cc3)ncc12. The predicted octanol–water partition coefficient (Wildman–Crippen LogP) is 3.72. The third-order valence-electron chi connectivity index (χ3n) is 3.27. The molecule has 1 aromatic carbocycles. The summed E-state index contributed by atoms with van der Waals surface area (Å²) >= 11 is 0. The Morgan fingerprint density at radius 3 is 2.41 bits per heavy atom. The maximum absolute atomic E-state index is 12.6.